The molecule has 0 aliphatic carbocycles. The van der Waals surface area contributed by atoms with Crippen molar-refractivity contribution < 1.29 is 9.34 Å². The van der Waals surface area contributed by atoms with E-state index < -0.39 is 4.92 Å². The maximum absolute atomic E-state index is 10.6. The third-order valence-electron chi connectivity index (χ3n) is 3.79. The number of halogens is 2. The first kappa shape index (κ1) is 16.1. The molecule has 0 amide bonds. The van der Waals surface area contributed by atoms with Crippen molar-refractivity contribution in [2.75, 3.05) is 31.1 Å². The standard InChI is InChI=1S/C15H15Cl2N3O3/c16-11-7-12(17)9-13(8-11)19-5-3-18(4-6-19)10-14-1-2-15(23-14)20(21)22/h1-2,7-9H,3-6,10H2. The van der Waals surface area contributed by atoms with Crippen LogP contribution in [0.25, 0.3) is 0 Å². The molecule has 1 fully saturated rings. The van der Waals surface area contributed by atoms with Gasteiger partial charge >= 0.3 is 5.88 Å². The third kappa shape index (κ3) is 3.96. The minimum absolute atomic E-state index is 0.216. The monoisotopic (exact) mass is 355 g/mol. The maximum atomic E-state index is 10.6. The minimum Gasteiger partial charge on any atom is -0.404 e. The van der Waals surface area contributed by atoms with E-state index in [1.165, 1.54) is 6.07 Å². The zero-order valence-corrected chi connectivity index (χ0v) is 13.8. The van der Waals surface area contributed by atoms with Crippen molar-refractivity contribution in [3.63, 3.8) is 0 Å². The largest absolute Gasteiger partial charge is 0.433 e. The fraction of sp³-hybridized carbons (Fsp3) is 0.333. The number of hydrogen-bond acceptors (Lipinski definition) is 5. The Balaban J connectivity index is 1.58. The highest BCUT2D eigenvalue weighted by Gasteiger charge is 2.20. The predicted octanol–water partition coefficient (Wildman–Crippen LogP) is 3.82. The van der Waals surface area contributed by atoms with Crippen LogP contribution in [0.1, 0.15) is 5.76 Å². The SMILES string of the molecule is O=[N+]([O-])c1ccc(CN2CCN(c3cc(Cl)cc(Cl)c3)CC2)o1. The lowest BCUT2D eigenvalue weighted by atomic mass is 10.2. The number of piperazine rings is 1. The lowest BCUT2D eigenvalue weighted by molar-refractivity contribution is -0.402. The van der Waals surface area contributed by atoms with Crippen molar-refractivity contribution in [3.8, 4) is 0 Å². The van der Waals surface area contributed by atoms with E-state index in [4.69, 9.17) is 27.6 Å². The number of benzene rings is 1. The van der Waals surface area contributed by atoms with Crippen LogP contribution in [0.5, 0.6) is 0 Å². The van der Waals surface area contributed by atoms with Crippen LogP contribution in [0.15, 0.2) is 34.7 Å². The number of furan rings is 1. The van der Waals surface area contributed by atoms with Gasteiger partial charge in [0, 0.05) is 41.9 Å². The summed E-state index contributed by atoms with van der Waals surface area (Å²) in [4.78, 5) is 14.5. The fourth-order valence-corrected chi connectivity index (χ4v) is 3.17. The quantitative estimate of drug-likeness (QED) is 0.616. The van der Waals surface area contributed by atoms with Crippen molar-refractivity contribution in [1.29, 1.82) is 0 Å². The van der Waals surface area contributed by atoms with Crippen LogP contribution in [0.4, 0.5) is 11.6 Å². The summed E-state index contributed by atoms with van der Waals surface area (Å²) >= 11 is 12.1. The summed E-state index contributed by atoms with van der Waals surface area (Å²) < 4.78 is 5.20. The van der Waals surface area contributed by atoms with Gasteiger partial charge in [0.15, 0.2) is 0 Å². The first-order valence-corrected chi connectivity index (χ1v) is 7.93. The topological polar surface area (TPSA) is 62.8 Å². The van der Waals surface area contributed by atoms with Gasteiger partial charge in [-0.2, -0.15) is 0 Å². The van der Waals surface area contributed by atoms with Crippen LogP contribution in [0.2, 0.25) is 10.0 Å². The molecule has 23 heavy (non-hydrogen) atoms. The zero-order valence-electron chi connectivity index (χ0n) is 12.2. The van der Waals surface area contributed by atoms with Crippen LogP contribution >= 0.6 is 23.2 Å². The van der Waals surface area contributed by atoms with Crippen LogP contribution in [0.3, 0.4) is 0 Å². The van der Waals surface area contributed by atoms with Crippen LogP contribution in [-0.2, 0) is 6.54 Å². The molecule has 2 heterocycles. The highest BCUT2D eigenvalue weighted by atomic mass is 35.5. The fourth-order valence-electron chi connectivity index (χ4n) is 2.66. The van der Waals surface area contributed by atoms with Crippen LogP contribution in [-0.4, -0.2) is 36.0 Å². The van der Waals surface area contributed by atoms with E-state index in [9.17, 15) is 10.1 Å². The van der Waals surface area contributed by atoms with Crippen molar-refractivity contribution in [2.45, 2.75) is 6.54 Å². The van der Waals surface area contributed by atoms with E-state index in [2.05, 4.69) is 9.80 Å². The Kier molecular flexibility index (Phi) is 4.75. The third-order valence-corrected chi connectivity index (χ3v) is 4.23. The molecular formula is C15H15Cl2N3O3. The number of rotatable bonds is 4. The molecule has 0 unspecified atom stereocenters. The second kappa shape index (κ2) is 6.78. The predicted molar refractivity (Wildman–Crippen MR) is 89.3 cm³/mol. The molecule has 0 radical (unpaired) electrons. The molecule has 1 aromatic carbocycles. The van der Waals surface area contributed by atoms with E-state index in [1.54, 1.807) is 12.1 Å². The number of nitrogens with zero attached hydrogens (tertiary/aromatic N) is 3. The number of nitro groups is 1. The van der Waals surface area contributed by atoms with Gasteiger partial charge < -0.3 is 9.32 Å². The van der Waals surface area contributed by atoms with Crippen LogP contribution < -0.4 is 4.90 Å². The summed E-state index contributed by atoms with van der Waals surface area (Å²) in [5.41, 5.74) is 1.01. The van der Waals surface area contributed by atoms with Crippen molar-refractivity contribution in [1.82, 2.24) is 4.90 Å². The van der Waals surface area contributed by atoms with Gasteiger partial charge in [-0.1, -0.05) is 23.2 Å². The van der Waals surface area contributed by atoms with E-state index in [0.717, 1.165) is 31.9 Å². The van der Waals surface area contributed by atoms with Gasteiger partial charge in [0.2, 0.25) is 0 Å². The summed E-state index contributed by atoms with van der Waals surface area (Å²) in [7, 11) is 0. The molecule has 0 saturated carbocycles. The normalized spacial score (nSPS) is 15.8. The Morgan fingerprint density at radius 2 is 1.74 bits per heavy atom. The molecule has 8 heteroatoms. The van der Waals surface area contributed by atoms with Gasteiger partial charge in [-0.15, -0.1) is 0 Å². The van der Waals surface area contributed by atoms with Gasteiger partial charge in [-0.3, -0.25) is 15.0 Å². The first-order chi connectivity index (χ1) is 11.0. The highest BCUT2D eigenvalue weighted by Crippen LogP contribution is 2.26. The Morgan fingerprint density at radius 3 is 2.30 bits per heavy atom. The van der Waals surface area contributed by atoms with Crippen molar-refractivity contribution in [2.24, 2.45) is 0 Å². The van der Waals surface area contributed by atoms with E-state index in [0.29, 0.717) is 22.4 Å². The molecule has 1 aromatic heterocycles. The molecule has 1 saturated heterocycles. The lowest BCUT2D eigenvalue weighted by Gasteiger charge is -2.35. The molecule has 0 atom stereocenters. The average molecular weight is 356 g/mol. The summed E-state index contributed by atoms with van der Waals surface area (Å²) in [5.74, 6) is 0.392. The molecule has 0 bridgehead atoms. The molecular weight excluding hydrogens is 341 g/mol. The van der Waals surface area contributed by atoms with Crippen LogP contribution in [0, 0.1) is 10.1 Å². The minimum atomic E-state index is -0.523. The Morgan fingerprint density at radius 1 is 1.09 bits per heavy atom. The second-order valence-corrected chi connectivity index (χ2v) is 6.26. The average Bonchev–Trinajstić information content (AvgIpc) is 2.96. The van der Waals surface area contributed by atoms with E-state index in [1.807, 2.05) is 12.1 Å². The molecule has 6 nitrogen and oxygen atoms in total. The van der Waals surface area contributed by atoms with E-state index >= 15 is 0 Å². The van der Waals surface area contributed by atoms with Gasteiger partial charge in [0.1, 0.15) is 10.7 Å². The second-order valence-electron chi connectivity index (χ2n) is 5.39. The van der Waals surface area contributed by atoms with Crippen molar-refractivity contribution >= 4 is 34.8 Å². The molecule has 3 rings (SSSR count). The van der Waals surface area contributed by atoms with Gasteiger partial charge in [0.05, 0.1) is 12.6 Å². The van der Waals surface area contributed by atoms with Gasteiger partial charge in [-0.05, 0) is 24.3 Å². The first-order valence-electron chi connectivity index (χ1n) is 7.18. The zero-order chi connectivity index (χ0) is 16.4. The maximum Gasteiger partial charge on any atom is 0.433 e. The highest BCUT2D eigenvalue weighted by molar-refractivity contribution is 6.35. The van der Waals surface area contributed by atoms with Gasteiger partial charge in [0.25, 0.3) is 0 Å². The molecule has 1 aliphatic heterocycles. The summed E-state index contributed by atoms with van der Waals surface area (Å²) in [6.45, 7) is 3.90. The molecule has 122 valence electrons. The lowest BCUT2D eigenvalue weighted by Crippen LogP contribution is -2.45. The van der Waals surface area contributed by atoms with Gasteiger partial charge in [-0.25, -0.2) is 0 Å². The molecule has 2 aromatic rings. The Bertz CT molecular complexity index is 691. The molecule has 0 spiro atoms. The molecule has 0 N–H and O–H groups in total. The summed E-state index contributed by atoms with van der Waals surface area (Å²) in [6, 6.07) is 8.56. The van der Waals surface area contributed by atoms with Crippen molar-refractivity contribution in [3.05, 3.63) is 56.3 Å². The molecule has 1 aliphatic rings. The Hall–Kier alpha value is -1.76. The summed E-state index contributed by atoms with van der Waals surface area (Å²) in [6.07, 6.45) is 0. The Labute approximate surface area is 143 Å². The number of anilines is 1. The number of hydrogen-bond donors (Lipinski definition) is 0. The van der Waals surface area contributed by atoms with E-state index in [-0.39, 0.29) is 5.88 Å². The summed E-state index contributed by atoms with van der Waals surface area (Å²) in [5, 5.41) is 11.9. The smallest absolute Gasteiger partial charge is 0.404 e.